The van der Waals surface area contributed by atoms with Gasteiger partial charge in [0, 0.05) is 0 Å². The summed E-state index contributed by atoms with van der Waals surface area (Å²) in [4.78, 5) is 2.18. The summed E-state index contributed by atoms with van der Waals surface area (Å²) in [5.74, 6) is 1.02. The van der Waals surface area contributed by atoms with Gasteiger partial charge in [0.25, 0.3) is 0 Å². The van der Waals surface area contributed by atoms with E-state index in [1.165, 1.54) is 0 Å². The van der Waals surface area contributed by atoms with E-state index in [0.29, 0.717) is 11.8 Å². The van der Waals surface area contributed by atoms with E-state index < -0.39 is 0 Å². The number of likely N-dealkylation sites (N-methyl/N-ethyl adjacent to an activating group) is 1. The monoisotopic (exact) mass is 254 g/mol. The molecular weight excluding hydrogens is 224 g/mol. The maximum Gasteiger partial charge on any atom is 0.0838 e. The minimum atomic E-state index is -0.256. The zero-order chi connectivity index (χ0) is 14.1. The van der Waals surface area contributed by atoms with Crippen LogP contribution in [0.25, 0.3) is 0 Å². The first-order valence-electron chi connectivity index (χ1n) is 6.99. The van der Waals surface area contributed by atoms with E-state index in [1.807, 2.05) is 6.08 Å². The molecule has 0 aromatic heterocycles. The van der Waals surface area contributed by atoms with Gasteiger partial charge in [-0.05, 0) is 32.4 Å². The molecule has 0 aliphatic carbocycles. The topological polar surface area (TPSA) is 38.5 Å². The van der Waals surface area contributed by atoms with Crippen LogP contribution in [0.15, 0.2) is 12.7 Å². The molecule has 2 N–H and O–H groups in total. The van der Waals surface area contributed by atoms with Gasteiger partial charge >= 0.3 is 0 Å². The van der Waals surface area contributed by atoms with Gasteiger partial charge in [-0.15, -0.1) is 6.58 Å². The molecule has 3 heteroatoms. The van der Waals surface area contributed by atoms with Gasteiger partial charge in [0.05, 0.1) is 23.8 Å². The largest absolute Gasteiger partial charge is 0.371 e. The van der Waals surface area contributed by atoms with Gasteiger partial charge < -0.3 is 10.5 Å². The number of rotatable bonds is 5. The average molecular weight is 254 g/mol. The first kappa shape index (κ1) is 15.7. The van der Waals surface area contributed by atoms with Gasteiger partial charge in [0.15, 0.2) is 0 Å². The van der Waals surface area contributed by atoms with E-state index >= 15 is 0 Å². The van der Waals surface area contributed by atoms with E-state index in [9.17, 15) is 0 Å². The molecule has 0 bridgehead atoms. The lowest BCUT2D eigenvalue weighted by Gasteiger charge is -2.42. The number of ether oxygens (including phenoxy) is 1. The van der Waals surface area contributed by atoms with Crippen LogP contribution in [0.4, 0.5) is 0 Å². The van der Waals surface area contributed by atoms with Crippen molar-refractivity contribution >= 4 is 0 Å². The minimum absolute atomic E-state index is 0.0141. The van der Waals surface area contributed by atoms with Crippen LogP contribution >= 0.6 is 0 Å². The fourth-order valence-electron chi connectivity index (χ4n) is 3.21. The van der Waals surface area contributed by atoms with Crippen LogP contribution < -0.4 is 5.73 Å². The number of hydrogen-bond donors (Lipinski definition) is 1. The van der Waals surface area contributed by atoms with Crippen LogP contribution in [0.2, 0.25) is 0 Å². The van der Waals surface area contributed by atoms with Crippen molar-refractivity contribution in [2.45, 2.75) is 57.9 Å². The summed E-state index contributed by atoms with van der Waals surface area (Å²) in [6.45, 7) is 12.8. The third kappa shape index (κ3) is 2.49. The summed E-state index contributed by atoms with van der Waals surface area (Å²) in [7, 11) is 4.13. The number of nitrogens with zero attached hydrogens (tertiary/aromatic N) is 1. The molecule has 3 nitrogen and oxygen atoms in total. The molecule has 0 amide bonds. The highest BCUT2D eigenvalue weighted by Gasteiger charge is 2.55. The maximum atomic E-state index is 6.51. The molecule has 0 aromatic rings. The Hall–Kier alpha value is -0.380. The van der Waals surface area contributed by atoms with E-state index in [1.54, 1.807) is 0 Å². The number of hydrogen-bond acceptors (Lipinski definition) is 3. The summed E-state index contributed by atoms with van der Waals surface area (Å²) in [5, 5.41) is 0. The summed E-state index contributed by atoms with van der Waals surface area (Å²) < 4.78 is 6.28. The van der Waals surface area contributed by atoms with Gasteiger partial charge in [-0.3, -0.25) is 4.90 Å². The van der Waals surface area contributed by atoms with Crippen molar-refractivity contribution in [2.24, 2.45) is 17.6 Å². The summed E-state index contributed by atoms with van der Waals surface area (Å²) in [6, 6.07) is -0.0141. The lowest BCUT2D eigenvalue weighted by molar-refractivity contribution is -0.0210. The predicted molar refractivity (Wildman–Crippen MR) is 77.5 cm³/mol. The van der Waals surface area contributed by atoms with E-state index in [4.69, 9.17) is 10.5 Å². The zero-order valence-electron chi connectivity index (χ0n) is 12.8. The quantitative estimate of drug-likeness (QED) is 0.765. The van der Waals surface area contributed by atoms with Gasteiger partial charge in [0.1, 0.15) is 0 Å². The van der Waals surface area contributed by atoms with E-state index in [-0.39, 0.29) is 23.8 Å². The van der Waals surface area contributed by atoms with Gasteiger partial charge in [-0.2, -0.15) is 0 Å². The molecule has 1 aliphatic heterocycles. The molecule has 18 heavy (non-hydrogen) atoms. The van der Waals surface area contributed by atoms with Crippen molar-refractivity contribution in [3.8, 4) is 0 Å². The first-order chi connectivity index (χ1) is 8.27. The van der Waals surface area contributed by atoms with Crippen LogP contribution in [0, 0.1) is 11.8 Å². The van der Waals surface area contributed by atoms with Crippen molar-refractivity contribution < 1.29 is 4.74 Å². The van der Waals surface area contributed by atoms with Gasteiger partial charge in [-0.25, -0.2) is 0 Å². The second-order valence-corrected chi connectivity index (χ2v) is 6.48. The molecule has 1 rings (SSSR count). The highest BCUT2D eigenvalue weighted by molar-refractivity contribution is 5.20. The molecule has 1 aliphatic rings. The van der Waals surface area contributed by atoms with Crippen LogP contribution in [-0.2, 0) is 4.74 Å². The van der Waals surface area contributed by atoms with Crippen LogP contribution in [0.5, 0.6) is 0 Å². The molecule has 1 heterocycles. The molecular formula is C15H30N2O. The molecule has 1 fully saturated rings. The Morgan fingerprint density at radius 3 is 2.17 bits per heavy atom. The fourth-order valence-corrected chi connectivity index (χ4v) is 3.21. The third-order valence-electron chi connectivity index (χ3n) is 4.12. The Bertz CT molecular complexity index is 288. The molecule has 0 aromatic carbocycles. The Balaban J connectivity index is 3.08. The van der Waals surface area contributed by atoms with Crippen molar-refractivity contribution in [1.82, 2.24) is 4.90 Å². The Labute approximate surface area is 112 Å². The average Bonchev–Trinajstić information content (AvgIpc) is 2.52. The highest BCUT2D eigenvalue weighted by atomic mass is 16.5. The summed E-state index contributed by atoms with van der Waals surface area (Å²) in [5.41, 5.74) is 6.25. The normalized spacial score (nSPS) is 36.9. The predicted octanol–water partition coefficient (Wildman–Crippen LogP) is 2.27. The third-order valence-corrected chi connectivity index (χ3v) is 4.12. The minimum Gasteiger partial charge on any atom is -0.371 e. The summed E-state index contributed by atoms with van der Waals surface area (Å²) in [6.07, 6.45) is 3.23. The second kappa shape index (κ2) is 5.72. The highest BCUT2D eigenvalue weighted by Crippen LogP contribution is 2.40. The zero-order valence-corrected chi connectivity index (χ0v) is 12.8. The van der Waals surface area contributed by atoms with Crippen LogP contribution in [-0.4, -0.2) is 42.8 Å². The van der Waals surface area contributed by atoms with E-state index in [0.717, 1.165) is 6.42 Å². The molecule has 1 saturated heterocycles. The van der Waals surface area contributed by atoms with E-state index in [2.05, 4.69) is 53.3 Å². The second-order valence-electron chi connectivity index (χ2n) is 6.48. The van der Waals surface area contributed by atoms with Crippen molar-refractivity contribution in [3.05, 3.63) is 12.7 Å². The standard InChI is InChI=1S/C15H30N2O/c1-8-15(17(6)7)13(16)12(9-10(2)3)18-14(15)11(4)5/h8,10-14H,1,9,16H2,2-7H3/t12-,13-,14+,15-/m1/s1. The maximum absolute atomic E-state index is 6.51. The van der Waals surface area contributed by atoms with Gasteiger partial charge in [0.2, 0.25) is 0 Å². The van der Waals surface area contributed by atoms with Gasteiger partial charge in [-0.1, -0.05) is 33.8 Å². The number of nitrogens with two attached hydrogens (primary N) is 1. The van der Waals surface area contributed by atoms with Crippen molar-refractivity contribution in [3.63, 3.8) is 0 Å². The Morgan fingerprint density at radius 2 is 1.89 bits per heavy atom. The first-order valence-corrected chi connectivity index (χ1v) is 6.99. The molecule has 0 spiro atoms. The Morgan fingerprint density at radius 1 is 1.33 bits per heavy atom. The lowest BCUT2D eigenvalue weighted by Crippen LogP contribution is -2.61. The lowest BCUT2D eigenvalue weighted by atomic mass is 9.78. The van der Waals surface area contributed by atoms with Crippen molar-refractivity contribution in [1.29, 1.82) is 0 Å². The van der Waals surface area contributed by atoms with Crippen LogP contribution in [0.1, 0.15) is 34.1 Å². The summed E-state index contributed by atoms with van der Waals surface area (Å²) >= 11 is 0. The molecule has 0 radical (unpaired) electrons. The van der Waals surface area contributed by atoms with Crippen molar-refractivity contribution in [2.75, 3.05) is 14.1 Å². The molecule has 0 saturated carbocycles. The molecule has 106 valence electrons. The Kier molecular flexibility index (Phi) is 4.98. The smallest absolute Gasteiger partial charge is 0.0838 e. The fraction of sp³-hybridized carbons (Fsp3) is 0.867. The molecule has 0 unspecified atom stereocenters. The molecule has 4 atom stereocenters. The SMILES string of the molecule is C=C[C@@]1(N(C)C)[C@H](N)[C@@H](CC(C)C)O[C@H]1C(C)C. The van der Waals surface area contributed by atoms with Crippen LogP contribution in [0.3, 0.4) is 0 Å².